The highest BCUT2D eigenvalue weighted by Crippen LogP contribution is 2.56. The molecule has 2 aromatic rings. The largest absolute Gasteiger partial charge is 0.497 e. The average Bonchev–Trinajstić information content (AvgIpc) is 3.37. The Bertz CT molecular complexity index is 1440. The van der Waals surface area contributed by atoms with Gasteiger partial charge in [0.1, 0.15) is 15.6 Å². The Kier molecular flexibility index (Phi) is 8.39. The van der Waals surface area contributed by atoms with E-state index >= 15 is 0 Å². The minimum Gasteiger partial charge on any atom is -0.497 e. The number of hydrogen-bond donors (Lipinski definition) is 0. The number of fused-ring (bicyclic) bond motifs is 1. The summed E-state index contributed by atoms with van der Waals surface area (Å²) in [7, 11) is 4.12. The second-order valence-corrected chi connectivity index (χ2v) is 11.9. The van der Waals surface area contributed by atoms with Crippen molar-refractivity contribution >= 4 is 75.8 Å². The zero-order chi connectivity index (χ0) is 28.5. The SMILES string of the molecule is COC(=O)C1=C(C(=O)OC)SC(=C2C(=S)C(C)(C)N(C(=O)/C=C/c3ccc(OC)cc3)c3c(C)cccc32)S1. The summed E-state index contributed by atoms with van der Waals surface area (Å²) in [6.07, 6.45) is 3.29. The minimum absolute atomic E-state index is 0.146. The van der Waals surface area contributed by atoms with Crippen LogP contribution >= 0.6 is 35.7 Å². The van der Waals surface area contributed by atoms with Crippen molar-refractivity contribution < 1.29 is 28.6 Å². The lowest BCUT2D eigenvalue weighted by Crippen LogP contribution is -2.55. The standard InChI is InChI=1S/C29H27NO6S3/c1-16-8-7-9-19-21(28-38-23(26(32)35-5)24(39-28)27(33)36-6)25(37)29(2,3)30(22(16)19)20(31)15-12-17-10-13-18(34-4)14-11-17/h7-15H,1-6H3/b15-12+. The van der Waals surface area contributed by atoms with Crippen LogP contribution < -0.4 is 9.64 Å². The summed E-state index contributed by atoms with van der Waals surface area (Å²) in [5.74, 6) is -0.758. The predicted octanol–water partition coefficient (Wildman–Crippen LogP) is 5.92. The monoisotopic (exact) mass is 581 g/mol. The van der Waals surface area contributed by atoms with Gasteiger partial charge >= 0.3 is 11.9 Å². The normalized spacial score (nSPS) is 16.5. The van der Waals surface area contributed by atoms with E-state index in [9.17, 15) is 14.4 Å². The van der Waals surface area contributed by atoms with E-state index in [1.165, 1.54) is 20.3 Å². The van der Waals surface area contributed by atoms with Crippen LogP contribution in [0.2, 0.25) is 0 Å². The zero-order valence-corrected chi connectivity index (χ0v) is 24.8. The third-order valence-electron chi connectivity index (χ3n) is 6.37. The number of benzene rings is 2. The highest BCUT2D eigenvalue weighted by molar-refractivity contribution is 8.29. The first kappa shape index (κ1) is 28.7. The molecule has 0 aromatic heterocycles. The van der Waals surface area contributed by atoms with Crippen LogP contribution in [0.5, 0.6) is 5.75 Å². The number of esters is 2. The summed E-state index contributed by atoms with van der Waals surface area (Å²) in [6.45, 7) is 5.72. The maximum atomic E-state index is 13.8. The molecule has 0 saturated carbocycles. The van der Waals surface area contributed by atoms with Crippen molar-refractivity contribution in [3.63, 3.8) is 0 Å². The van der Waals surface area contributed by atoms with E-state index < -0.39 is 17.5 Å². The topological polar surface area (TPSA) is 82.1 Å². The molecule has 2 heterocycles. The lowest BCUT2D eigenvalue weighted by atomic mass is 9.82. The number of carbonyl (C=O) groups excluding carboxylic acids is 3. The van der Waals surface area contributed by atoms with Crippen LogP contribution in [0.25, 0.3) is 11.6 Å². The predicted molar refractivity (Wildman–Crippen MR) is 161 cm³/mol. The molecular formula is C29H27NO6S3. The van der Waals surface area contributed by atoms with Gasteiger partial charge in [-0.3, -0.25) is 9.69 Å². The quantitative estimate of drug-likeness (QED) is 0.243. The number of rotatable bonds is 5. The highest BCUT2D eigenvalue weighted by Gasteiger charge is 2.46. The minimum atomic E-state index is -0.904. The van der Waals surface area contributed by atoms with Gasteiger partial charge in [0.2, 0.25) is 0 Å². The smallest absolute Gasteiger partial charge is 0.346 e. The molecule has 2 aromatic carbocycles. The number of amides is 1. The molecule has 0 atom stereocenters. The van der Waals surface area contributed by atoms with Gasteiger partial charge < -0.3 is 14.2 Å². The maximum absolute atomic E-state index is 13.8. The molecule has 0 aliphatic carbocycles. The van der Waals surface area contributed by atoms with Crippen molar-refractivity contribution in [2.24, 2.45) is 0 Å². The van der Waals surface area contributed by atoms with Crippen molar-refractivity contribution in [2.45, 2.75) is 26.3 Å². The number of ether oxygens (including phenoxy) is 3. The van der Waals surface area contributed by atoms with Gasteiger partial charge in [-0.15, -0.1) is 0 Å². The van der Waals surface area contributed by atoms with E-state index in [1.54, 1.807) is 18.1 Å². The summed E-state index contributed by atoms with van der Waals surface area (Å²) >= 11 is 8.27. The van der Waals surface area contributed by atoms with Crippen LogP contribution in [0.1, 0.15) is 30.5 Å². The van der Waals surface area contributed by atoms with Crippen LogP contribution in [0.15, 0.2) is 62.6 Å². The first-order chi connectivity index (χ1) is 18.5. The number of methoxy groups -OCH3 is 3. The molecular weight excluding hydrogens is 555 g/mol. The first-order valence-electron chi connectivity index (χ1n) is 11.9. The molecule has 10 heteroatoms. The molecule has 39 heavy (non-hydrogen) atoms. The van der Waals surface area contributed by atoms with Gasteiger partial charge in [-0.2, -0.15) is 0 Å². The fourth-order valence-corrected chi connectivity index (χ4v) is 7.40. The molecule has 7 nitrogen and oxygen atoms in total. The number of hydrogen-bond acceptors (Lipinski definition) is 9. The summed E-state index contributed by atoms with van der Waals surface area (Å²) in [6, 6.07) is 13.1. The fourth-order valence-electron chi connectivity index (χ4n) is 4.37. The molecule has 0 unspecified atom stereocenters. The Morgan fingerprint density at radius 2 is 1.51 bits per heavy atom. The number of thiocarbonyl (C=S) groups is 1. The fraction of sp³-hybridized carbons (Fsp3) is 0.241. The van der Waals surface area contributed by atoms with Crippen molar-refractivity contribution in [2.75, 3.05) is 26.2 Å². The average molecular weight is 582 g/mol. The van der Waals surface area contributed by atoms with Gasteiger partial charge in [0.15, 0.2) is 0 Å². The number of aryl methyl sites for hydroxylation is 1. The van der Waals surface area contributed by atoms with E-state index in [2.05, 4.69) is 0 Å². The zero-order valence-electron chi connectivity index (χ0n) is 22.3. The third-order valence-corrected chi connectivity index (χ3v) is 9.63. The first-order valence-corrected chi connectivity index (χ1v) is 13.9. The molecule has 2 aliphatic rings. The molecule has 0 N–H and O–H groups in total. The molecule has 0 radical (unpaired) electrons. The number of thioether (sulfide) groups is 2. The molecule has 1 amide bonds. The highest BCUT2D eigenvalue weighted by atomic mass is 32.2. The van der Waals surface area contributed by atoms with Crippen molar-refractivity contribution in [3.8, 4) is 5.75 Å². The lowest BCUT2D eigenvalue weighted by molar-refractivity contribution is -0.138. The van der Waals surface area contributed by atoms with Crippen molar-refractivity contribution in [1.29, 1.82) is 0 Å². The second-order valence-electron chi connectivity index (χ2n) is 9.15. The van der Waals surface area contributed by atoms with Crippen molar-refractivity contribution in [1.82, 2.24) is 0 Å². The van der Waals surface area contributed by atoms with E-state index in [4.69, 9.17) is 26.4 Å². The van der Waals surface area contributed by atoms with Gasteiger partial charge in [-0.1, -0.05) is 66.1 Å². The molecule has 0 bridgehead atoms. The molecule has 0 fully saturated rings. The Labute approximate surface area is 241 Å². The van der Waals surface area contributed by atoms with Gasteiger partial charge in [0.05, 0.1) is 41.7 Å². The van der Waals surface area contributed by atoms with Gasteiger partial charge in [-0.25, -0.2) is 9.59 Å². The van der Waals surface area contributed by atoms with Gasteiger partial charge in [-0.05, 0) is 50.1 Å². The number of carbonyl (C=O) groups is 3. The van der Waals surface area contributed by atoms with E-state index in [0.29, 0.717) is 14.7 Å². The van der Waals surface area contributed by atoms with E-state index in [-0.39, 0.29) is 15.7 Å². The van der Waals surface area contributed by atoms with Gasteiger partial charge in [0, 0.05) is 17.2 Å². The van der Waals surface area contributed by atoms with E-state index in [0.717, 1.165) is 51.7 Å². The van der Waals surface area contributed by atoms with E-state index in [1.807, 2.05) is 63.2 Å². The van der Waals surface area contributed by atoms with Crippen LogP contribution in [-0.2, 0) is 23.9 Å². The summed E-state index contributed by atoms with van der Waals surface area (Å²) in [5.41, 5.74) is 3.00. The molecule has 0 spiro atoms. The van der Waals surface area contributed by atoms with Crippen LogP contribution in [0.4, 0.5) is 5.69 Å². The number of anilines is 1. The number of para-hydroxylation sites is 1. The second kappa shape index (κ2) is 11.4. The summed E-state index contributed by atoms with van der Waals surface area (Å²) < 4.78 is 15.7. The molecule has 0 saturated heterocycles. The summed E-state index contributed by atoms with van der Waals surface area (Å²) in [4.78, 5) is 41.3. The van der Waals surface area contributed by atoms with Crippen molar-refractivity contribution in [3.05, 3.63) is 79.3 Å². The Morgan fingerprint density at radius 3 is 2.05 bits per heavy atom. The Balaban J connectivity index is 1.81. The lowest BCUT2D eigenvalue weighted by Gasteiger charge is -2.45. The Morgan fingerprint density at radius 1 is 0.923 bits per heavy atom. The molecule has 2 aliphatic heterocycles. The molecule has 4 rings (SSSR count). The van der Waals surface area contributed by atoms with Crippen LogP contribution in [-0.4, -0.2) is 49.6 Å². The Hall–Kier alpha value is -3.34. The third kappa shape index (κ3) is 5.28. The molecule has 202 valence electrons. The van der Waals surface area contributed by atoms with Crippen LogP contribution in [0, 0.1) is 6.92 Å². The van der Waals surface area contributed by atoms with Crippen LogP contribution in [0.3, 0.4) is 0 Å². The van der Waals surface area contributed by atoms with Gasteiger partial charge in [0.25, 0.3) is 5.91 Å². The number of nitrogens with zero attached hydrogens (tertiary/aromatic N) is 1. The summed E-state index contributed by atoms with van der Waals surface area (Å²) in [5, 5.41) is 0. The maximum Gasteiger partial charge on any atom is 0.346 e.